The first-order valence-corrected chi connectivity index (χ1v) is 8.31. The van der Waals surface area contributed by atoms with Gasteiger partial charge in [-0.2, -0.15) is 0 Å². The number of para-hydroxylation sites is 1. The number of imide groups is 2. The average Bonchev–Trinajstić information content (AvgIpc) is 2.57. The highest BCUT2D eigenvalue weighted by molar-refractivity contribution is 9.10. The third-order valence-corrected chi connectivity index (χ3v) is 4.29. The van der Waals surface area contributed by atoms with Crippen LogP contribution in [-0.4, -0.2) is 24.1 Å². The van der Waals surface area contributed by atoms with Gasteiger partial charge >= 0.3 is 6.03 Å². The Morgan fingerprint density at radius 1 is 1.08 bits per heavy atom. The zero-order chi connectivity index (χ0) is 18.0. The summed E-state index contributed by atoms with van der Waals surface area (Å²) in [6.45, 7) is 1.88. The van der Waals surface area contributed by atoms with E-state index >= 15 is 0 Å². The second kappa shape index (κ2) is 6.98. The molecule has 3 rings (SSSR count). The number of halogens is 1. The average molecular weight is 400 g/mol. The number of nitrogens with one attached hydrogen (secondary N) is 1. The number of barbiturate groups is 1. The van der Waals surface area contributed by atoms with Crippen molar-refractivity contribution in [3.05, 3.63) is 58.6 Å². The Morgan fingerprint density at radius 3 is 2.44 bits per heavy atom. The molecule has 1 fully saturated rings. The number of hydrogen-bond donors (Lipinski definition) is 1. The molecule has 0 bridgehead atoms. The first-order chi connectivity index (χ1) is 12.0. The summed E-state index contributed by atoms with van der Waals surface area (Å²) in [6.07, 6.45) is 1.28. The van der Waals surface area contributed by atoms with E-state index in [9.17, 15) is 14.4 Å². The van der Waals surface area contributed by atoms with E-state index in [2.05, 4.69) is 26.2 Å². The van der Waals surface area contributed by atoms with Crippen molar-refractivity contribution >= 4 is 51.4 Å². The molecule has 1 N–H and O–H groups in total. The van der Waals surface area contributed by atoms with Crippen LogP contribution in [0.25, 0.3) is 0 Å². The number of aliphatic imine (C=N–C) groups is 1. The maximum Gasteiger partial charge on any atom is 0.335 e. The number of benzene rings is 2. The quantitative estimate of drug-likeness (QED) is 0.634. The molecule has 0 aliphatic carbocycles. The number of carbonyl (C=O) groups is 3. The fraction of sp³-hybridized carbons (Fsp3) is 0.111. The maximum atomic E-state index is 12.7. The van der Waals surface area contributed by atoms with Crippen LogP contribution in [0.3, 0.4) is 0 Å². The smallest absolute Gasteiger partial charge is 0.276 e. The molecule has 1 atom stereocenters. The van der Waals surface area contributed by atoms with E-state index in [-0.39, 0.29) is 0 Å². The predicted molar refractivity (Wildman–Crippen MR) is 98.0 cm³/mol. The van der Waals surface area contributed by atoms with E-state index in [1.807, 2.05) is 25.1 Å². The zero-order valence-electron chi connectivity index (χ0n) is 13.3. The van der Waals surface area contributed by atoms with Gasteiger partial charge in [-0.3, -0.25) is 19.9 Å². The van der Waals surface area contributed by atoms with Crippen molar-refractivity contribution < 1.29 is 14.4 Å². The van der Waals surface area contributed by atoms with Crippen molar-refractivity contribution in [2.75, 3.05) is 4.90 Å². The summed E-state index contributed by atoms with van der Waals surface area (Å²) in [4.78, 5) is 42.0. The summed E-state index contributed by atoms with van der Waals surface area (Å²) in [6, 6.07) is 13.3. The summed E-state index contributed by atoms with van der Waals surface area (Å²) < 4.78 is 0.815. The number of aryl methyl sites for hydroxylation is 1. The highest BCUT2D eigenvalue weighted by Gasteiger charge is 2.40. The Kier molecular flexibility index (Phi) is 4.76. The number of urea groups is 1. The maximum absolute atomic E-state index is 12.7. The molecule has 1 aliphatic heterocycles. The lowest BCUT2D eigenvalue weighted by atomic mass is 10.1. The van der Waals surface area contributed by atoms with Gasteiger partial charge in [-0.15, -0.1) is 0 Å². The van der Waals surface area contributed by atoms with E-state index in [4.69, 9.17) is 0 Å². The van der Waals surface area contributed by atoms with Crippen molar-refractivity contribution in [3.8, 4) is 0 Å². The van der Waals surface area contributed by atoms with E-state index < -0.39 is 23.8 Å². The topological polar surface area (TPSA) is 78.8 Å². The third kappa shape index (κ3) is 3.51. The number of amides is 4. The van der Waals surface area contributed by atoms with E-state index in [1.54, 1.807) is 30.3 Å². The predicted octanol–water partition coefficient (Wildman–Crippen LogP) is 3.36. The van der Waals surface area contributed by atoms with Crippen molar-refractivity contribution in [1.29, 1.82) is 0 Å². The van der Waals surface area contributed by atoms with Gasteiger partial charge in [-0.1, -0.05) is 34.1 Å². The zero-order valence-corrected chi connectivity index (χ0v) is 14.9. The molecule has 7 heteroatoms. The molecule has 0 aromatic heterocycles. The molecule has 1 saturated heterocycles. The highest BCUT2D eigenvalue weighted by atomic mass is 79.9. The van der Waals surface area contributed by atoms with Gasteiger partial charge in [-0.25, -0.2) is 9.69 Å². The summed E-state index contributed by atoms with van der Waals surface area (Å²) in [5.41, 5.74) is 1.96. The molecule has 1 heterocycles. The van der Waals surface area contributed by atoms with Gasteiger partial charge in [0.05, 0.1) is 11.4 Å². The summed E-state index contributed by atoms with van der Waals surface area (Å²) in [5, 5.41) is 2.20. The summed E-state index contributed by atoms with van der Waals surface area (Å²) in [7, 11) is 0. The van der Waals surface area contributed by atoms with Gasteiger partial charge < -0.3 is 0 Å². The monoisotopic (exact) mass is 399 g/mol. The standard InChI is InChI=1S/C18H14BrN3O3/c1-11-4-2-3-5-15(11)20-10-14-16(23)21-18(25)22(17(14)24)13-8-6-12(19)7-9-13/h2-10,14H,1H3,(H,21,23,25)/t14-/m0/s1. The lowest BCUT2D eigenvalue weighted by molar-refractivity contribution is -0.131. The SMILES string of the molecule is Cc1ccccc1N=C[C@H]1C(=O)NC(=O)N(c2ccc(Br)cc2)C1=O. The molecular formula is C18H14BrN3O3. The molecule has 2 aromatic carbocycles. The number of nitrogens with zero attached hydrogens (tertiary/aromatic N) is 2. The number of hydrogen-bond acceptors (Lipinski definition) is 4. The molecule has 1 aliphatic rings. The minimum Gasteiger partial charge on any atom is -0.276 e. The number of anilines is 1. The lowest BCUT2D eigenvalue weighted by Gasteiger charge is -2.28. The molecule has 4 amide bonds. The second-order valence-electron chi connectivity index (χ2n) is 5.49. The minimum absolute atomic E-state index is 0.382. The van der Waals surface area contributed by atoms with Crippen LogP contribution in [0.5, 0.6) is 0 Å². The van der Waals surface area contributed by atoms with Gasteiger partial charge in [0.15, 0.2) is 5.92 Å². The van der Waals surface area contributed by atoms with Crippen molar-refractivity contribution in [2.24, 2.45) is 10.9 Å². The van der Waals surface area contributed by atoms with Gasteiger partial charge in [0, 0.05) is 10.7 Å². The Labute approximate surface area is 152 Å². The second-order valence-corrected chi connectivity index (χ2v) is 6.40. The Hall–Kier alpha value is -2.80. The van der Waals surface area contributed by atoms with Gasteiger partial charge in [0.1, 0.15) is 0 Å². The van der Waals surface area contributed by atoms with E-state index in [0.717, 1.165) is 14.9 Å². The van der Waals surface area contributed by atoms with Crippen LogP contribution in [0, 0.1) is 12.8 Å². The summed E-state index contributed by atoms with van der Waals surface area (Å²) in [5.74, 6) is -2.48. The molecule has 25 heavy (non-hydrogen) atoms. The van der Waals surface area contributed by atoms with Gasteiger partial charge in [0.2, 0.25) is 5.91 Å². The molecule has 6 nitrogen and oxygen atoms in total. The fourth-order valence-corrected chi connectivity index (χ4v) is 2.68. The van der Waals surface area contributed by atoms with Crippen molar-refractivity contribution in [3.63, 3.8) is 0 Å². The van der Waals surface area contributed by atoms with Crippen molar-refractivity contribution in [2.45, 2.75) is 6.92 Å². The third-order valence-electron chi connectivity index (χ3n) is 3.77. The van der Waals surface area contributed by atoms with Crippen LogP contribution in [0.2, 0.25) is 0 Å². The summed E-state index contributed by atoms with van der Waals surface area (Å²) >= 11 is 3.30. The normalized spacial score (nSPS) is 17.9. The van der Waals surface area contributed by atoms with Crippen LogP contribution < -0.4 is 10.2 Å². The van der Waals surface area contributed by atoms with Crippen LogP contribution in [-0.2, 0) is 9.59 Å². The molecular weight excluding hydrogens is 386 g/mol. The molecule has 126 valence electrons. The molecule has 0 unspecified atom stereocenters. The van der Waals surface area contributed by atoms with Crippen molar-refractivity contribution in [1.82, 2.24) is 5.32 Å². The first-order valence-electron chi connectivity index (χ1n) is 7.51. The fourth-order valence-electron chi connectivity index (χ4n) is 2.42. The van der Waals surface area contributed by atoms with E-state index in [1.165, 1.54) is 6.21 Å². The van der Waals surface area contributed by atoms with Gasteiger partial charge in [-0.05, 0) is 42.8 Å². The van der Waals surface area contributed by atoms with Gasteiger partial charge in [0.25, 0.3) is 5.91 Å². The Bertz CT molecular complexity index is 877. The van der Waals surface area contributed by atoms with Crippen LogP contribution in [0.1, 0.15) is 5.56 Å². The molecule has 0 saturated carbocycles. The Balaban J connectivity index is 1.90. The van der Waals surface area contributed by atoms with Crippen LogP contribution in [0.15, 0.2) is 58.0 Å². The molecule has 0 spiro atoms. The number of carbonyl (C=O) groups excluding carboxylic acids is 3. The highest BCUT2D eigenvalue weighted by Crippen LogP contribution is 2.23. The minimum atomic E-state index is -1.17. The first kappa shape index (κ1) is 17.0. The molecule has 0 radical (unpaired) electrons. The Morgan fingerprint density at radius 2 is 1.76 bits per heavy atom. The van der Waals surface area contributed by atoms with E-state index in [0.29, 0.717) is 11.4 Å². The number of rotatable bonds is 3. The lowest BCUT2D eigenvalue weighted by Crippen LogP contribution is -2.58. The van der Waals surface area contributed by atoms with Crippen LogP contribution >= 0.6 is 15.9 Å². The largest absolute Gasteiger partial charge is 0.335 e. The molecule has 2 aromatic rings. The van der Waals surface area contributed by atoms with Crippen LogP contribution in [0.4, 0.5) is 16.2 Å².